The lowest BCUT2D eigenvalue weighted by Crippen LogP contribution is -2.20. The molecule has 0 saturated heterocycles. The Kier molecular flexibility index (Phi) is 6.37. The third-order valence-electron chi connectivity index (χ3n) is 3.12. The van der Waals surface area contributed by atoms with Gasteiger partial charge in [0.25, 0.3) is 0 Å². The van der Waals surface area contributed by atoms with E-state index in [1.807, 2.05) is 6.07 Å². The molecule has 0 aliphatic carbocycles. The van der Waals surface area contributed by atoms with E-state index in [1.54, 1.807) is 12.3 Å². The first-order valence-corrected chi connectivity index (χ1v) is 8.55. The number of aryl methyl sites for hydroxylation is 1. The van der Waals surface area contributed by atoms with E-state index < -0.39 is 24.3 Å². The van der Waals surface area contributed by atoms with Crippen LogP contribution in [0.2, 0.25) is 10.0 Å². The van der Waals surface area contributed by atoms with E-state index in [4.69, 9.17) is 32.7 Å². The first-order chi connectivity index (χ1) is 11.9. The van der Waals surface area contributed by atoms with Crippen molar-refractivity contribution in [1.29, 1.82) is 5.26 Å². The standard InChI is InChI=1S/C16H12Cl2N2O4S/c1-8-7-25-15(20-8)10(5-19)13(21)6-24-16(22)9-3-11(17)14(23-2)12(18)4-9/h3-4,7,10H,6H2,1-2H3/t10-/m1/s1. The summed E-state index contributed by atoms with van der Waals surface area (Å²) >= 11 is 13.1. The van der Waals surface area contributed by atoms with Crippen molar-refractivity contribution in [2.75, 3.05) is 13.7 Å². The minimum atomic E-state index is -1.07. The van der Waals surface area contributed by atoms with Crippen LogP contribution < -0.4 is 4.74 Å². The zero-order valence-electron chi connectivity index (χ0n) is 13.2. The maximum Gasteiger partial charge on any atom is 0.338 e. The number of aromatic nitrogens is 1. The van der Waals surface area contributed by atoms with Crippen LogP contribution in [0.25, 0.3) is 0 Å². The Morgan fingerprint density at radius 2 is 2.00 bits per heavy atom. The van der Waals surface area contributed by atoms with Crippen LogP contribution in [-0.4, -0.2) is 30.5 Å². The van der Waals surface area contributed by atoms with E-state index in [9.17, 15) is 14.9 Å². The number of nitriles is 1. The number of carbonyl (C=O) groups is 2. The van der Waals surface area contributed by atoms with Crippen LogP contribution in [0.15, 0.2) is 17.5 Å². The Balaban J connectivity index is 2.06. The molecule has 0 spiro atoms. The van der Waals surface area contributed by atoms with Crippen LogP contribution in [0.5, 0.6) is 5.75 Å². The minimum absolute atomic E-state index is 0.0715. The molecule has 0 bridgehead atoms. The normalized spacial score (nSPS) is 11.5. The minimum Gasteiger partial charge on any atom is -0.494 e. The Morgan fingerprint density at radius 1 is 1.36 bits per heavy atom. The third kappa shape index (κ3) is 4.48. The summed E-state index contributed by atoms with van der Waals surface area (Å²) < 4.78 is 9.96. The SMILES string of the molecule is COc1c(Cl)cc(C(=O)OCC(=O)[C@@H](C#N)c2nc(C)cs2)cc1Cl. The molecule has 25 heavy (non-hydrogen) atoms. The van der Waals surface area contributed by atoms with Crippen molar-refractivity contribution in [2.24, 2.45) is 0 Å². The summed E-state index contributed by atoms with van der Waals surface area (Å²) in [4.78, 5) is 28.3. The van der Waals surface area contributed by atoms with Crippen LogP contribution in [0, 0.1) is 18.3 Å². The van der Waals surface area contributed by atoms with Gasteiger partial charge in [-0.15, -0.1) is 11.3 Å². The van der Waals surface area contributed by atoms with Gasteiger partial charge in [0.1, 0.15) is 5.01 Å². The van der Waals surface area contributed by atoms with Gasteiger partial charge >= 0.3 is 5.97 Å². The smallest absolute Gasteiger partial charge is 0.338 e. The number of nitrogens with zero attached hydrogens (tertiary/aromatic N) is 2. The molecule has 6 nitrogen and oxygen atoms in total. The highest BCUT2D eigenvalue weighted by Crippen LogP contribution is 2.34. The van der Waals surface area contributed by atoms with Gasteiger partial charge in [-0.1, -0.05) is 23.2 Å². The Bertz CT molecular complexity index is 837. The second-order valence-corrected chi connectivity index (χ2v) is 6.61. The van der Waals surface area contributed by atoms with Crippen LogP contribution in [0.3, 0.4) is 0 Å². The molecule has 0 aliphatic rings. The Morgan fingerprint density at radius 3 is 2.48 bits per heavy atom. The fourth-order valence-electron chi connectivity index (χ4n) is 1.95. The molecular weight excluding hydrogens is 387 g/mol. The van der Waals surface area contributed by atoms with E-state index >= 15 is 0 Å². The van der Waals surface area contributed by atoms with E-state index in [-0.39, 0.29) is 21.4 Å². The highest BCUT2D eigenvalue weighted by Gasteiger charge is 2.25. The number of ketones is 1. The van der Waals surface area contributed by atoms with Gasteiger partial charge in [-0.2, -0.15) is 5.26 Å². The first kappa shape index (κ1) is 19.2. The average molecular weight is 399 g/mol. The molecule has 0 radical (unpaired) electrons. The molecule has 0 N–H and O–H groups in total. The van der Waals surface area contributed by atoms with E-state index in [1.165, 1.54) is 30.6 Å². The number of hydrogen-bond donors (Lipinski definition) is 0. The molecule has 1 aromatic carbocycles. The van der Waals surface area contributed by atoms with Crippen molar-refractivity contribution in [2.45, 2.75) is 12.8 Å². The number of methoxy groups -OCH3 is 1. The quantitative estimate of drug-likeness (QED) is 0.687. The van der Waals surface area contributed by atoms with E-state index in [0.717, 1.165) is 0 Å². The van der Waals surface area contributed by atoms with Gasteiger partial charge < -0.3 is 9.47 Å². The Hall–Kier alpha value is -2.14. The van der Waals surface area contributed by atoms with Crippen molar-refractivity contribution >= 4 is 46.3 Å². The molecule has 0 unspecified atom stereocenters. The summed E-state index contributed by atoms with van der Waals surface area (Å²) in [5.74, 6) is -2.18. The maximum atomic E-state index is 12.1. The first-order valence-electron chi connectivity index (χ1n) is 6.91. The van der Waals surface area contributed by atoms with Gasteiger partial charge in [-0.25, -0.2) is 9.78 Å². The largest absolute Gasteiger partial charge is 0.494 e. The van der Waals surface area contributed by atoms with Crippen LogP contribution in [0.4, 0.5) is 0 Å². The predicted molar refractivity (Wildman–Crippen MR) is 93.5 cm³/mol. The molecule has 0 fully saturated rings. The lowest BCUT2D eigenvalue weighted by atomic mass is 10.1. The number of ether oxygens (including phenoxy) is 2. The molecule has 1 atom stereocenters. The van der Waals surface area contributed by atoms with Gasteiger partial charge in [0.05, 0.1) is 28.8 Å². The summed E-state index contributed by atoms with van der Waals surface area (Å²) in [5.41, 5.74) is 0.787. The monoisotopic (exact) mass is 398 g/mol. The van der Waals surface area contributed by atoms with Crippen molar-refractivity contribution in [3.8, 4) is 11.8 Å². The molecule has 1 aromatic heterocycles. The summed E-state index contributed by atoms with van der Waals surface area (Å²) in [5, 5.41) is 11.6. The van der Waals surface area contributed by atoms with Crippen LogP contribution in [0.1, 0.15) is 27.0 Å². The van der Waals surface area contributed by atoms with Gasteiger partial charge in [-0.3, -0.25) is 4.79 Å². The number of thiazole rings is 1. The summed E-state index contributed by atoms with van der Waals surface area (Å²) in [6.45, 7) is 1.20. The average Bonchev–Trinajstić information content (AvgIpc) is 2.99. The van der Waals surface area contributed by atoms with Crippen molar-refractivity contribution in [1.82, 2.24) is 4.98 Å². The maximum absolute atomic E-state index is 12.1. The second-order valence-electron chi connectivity index (χ2n) is 4.90. The van der Waals surface area contributed by atoms with Crippen molar-refractivity contribution in [3.63, 3.8) is 0 Å². The molecular formula is C16H12Cl2N2O4S. The van der Waals surface area contributed by atoms with Crippen LogP contribution in [-0.2, 0) is 9.53 Å². The fraction of sp³-hybridized carbons (Fsp3) is 0.250. The molecule has 130 valence electrons. The third-order valence-corrected chi connectivity index (χ3v) is 4.71. The van der Waals surface area contributed by atoms with Gasteiger partial charge in [0.15, 0.2) is 24.1 Å². The number of rotatable bonds is 6. The van der Waals surface area contributed by atoms with Crippen LogP contribution >= 0.6 is 34.5 Å². The fourth-order valence-corrected chi connectivity index (χ4v) is 3.45. The number of hydrogen-bond acceptors (Lipinski definition) is 7. The highest BCUT2D eigenvalue weighted by molar-refractivity contribution is 7.09. The predicted octanol–water partition coefficient (Wildman–Crippen LogP) is 3.80. The molecule has 1 heterocycles. The van der Waals surface area contributed by atoms with E-state index in [0.29, 0.717) is 10.7 Å². The second kappa shape index (κ2) is 8.30. The molecule has 0 amide bonds. The highest BCUT2D eigenvalue weighted by atomic mass is 35.5. The summed E-state index contributed by atoms with van der Waals surface area (Å²) in [6.07, 6.45) is 0. The number of carbonyl (C=O) groups excluding carboxylic acids is 2. The summed E-state index contributed by atoms with van der Waals surface area (Å²) in [7, 11) is 1.39. The van der Waals surface area contributed by atoms with Gasteiger partial charge in [0, 0.05) is 11.1 Å². The molecule has 2 aromatic rings. The number of halogens is 2. The molecule has 2 rings (SSSR count). The molecule has 9 heteroatoms. The van der Waals surface area contributed by atoms with Crippen molar-refractivity contribution in [3.05, 3.63) is 43.8 Å². The lowest BCUT2D eigenvalue weighted by molar-refractivity contribution is -0.122. The van der Waals surface area contributed by atoms with Crippen molar-refractivity contribution < 1.29 is 19.1 Å². The van der Waals surface area contributed by atoms with E-state index in [2.05, 4.69) is 4.98 Å². The summed E-state index contributed by atoms with van der Waals surface area (Å²) in [6, 6.07) is 4.53. The zero-order chi connectivity index (χ0) is 18.6. The molecule has 0 aliphatic heterocycles. The topological polar surface area (TPSA) is 89.3 Å². The number of benzene rings is 1. The van der Waals surface area contributed by atoms with Gasteiger partial charge in [0.2, 0.25) is 0 Å². The molecule has 0 saturated carbocycles. The lowest BCUT2D eigenvalue weighted by Gasteiger charge is -2.09. The zero-order valence-corrected chi connectivity index (χ0v) is 15.5. The number of Topliss-reactive ketones (excluding diaryl/α,β-unsaturated/α-hetero) is 1. The number of esters is 1. The van der Waals surface area contributed by atoms with Gasteiger partial charge in [-0.05, 0) is 19.1 Å². The Labute approximate surface area is 157 Å².